The zero-order valence-electron chi connectivity index (χ0n) is 17.2. The first-order valence-electron chi connectivity index (χ1n) is 9.96. The summed E-state index contributed by atoms with van der Waals surface area (Å²) in [6, 6.07) is 12.7. The number of aromatic nitrogens is 5. The summed E-state index contributed by atoms with van der Waals surface area (Å²) in [5.74, 6) is 0.868. The SMILES string of the molecule is CC1COCCN1c1ccc2c(n1)c(-c1cc[nH]n1)nn2-c1ccc(S(C)(=O)=O)cc1. The van der Waals surface area contributed by atoms with Crippen molar-refractivity contribution in [1.82, 2.24) is 25.0 Å². The van der Waals surface area contributed by atoms with Crippen molar-refractivity contribution >= 4 is 26.7 Å². The number of hydrogen-bond donors (Lipinski definition) is 1. The Balaban J connectivity index is 1.66. The van der Waals surface area contributed by atoms with Gasteiger partial charge >= 0.3 is 0 Å². The summed E-state index contributed by atoms with van der Waals surface area (Å²) in [6.07, 6.45) is 2.94. The third-order valence-corrected chi connectivity index (χ3v) is 6.55. The Labute approximate surface area is 179 Å². The number of morpholine rings is 1. The molecule has 1 aromatic carbocycles. The molecule has 0 radical (unpaired) electrons. The van der Waals surface area contributed by atoms with Gasteiger partial charge in [0.15, 0.2) is 9.84 Å². The smallest absolute Gasteiger partial charge is 0.175 e. The van der Waals surface area contributed by atoms with E-state index in [9.17, 15) is 8.42 Å². The van der Waals surface area contributed by atoms with E-state index in [4.69, 9.17) is 14.8 Å². The van der Waals surface area contributed by atoms with E-state index in [1.54, 1.807) is 35.1 Å². The molecule has 0 saturated carbocycles. The summed E-state index contributed by atoms with van der Waals surface area (Å²) in [5.41, 5.74) is 3.64. The number of benzene rings is 1. The molecule has 0 amide bonds. The summed E-state index contributed by atoms with van der Waals surface area (Å²) in [5, 5.41) is 11.9. The van der Waals surface area contributed by atoms with Crippen molar-refractivity contribution in [2.24, 2.45) is 0 Å². The molecule has 160 valence electrons. The lowest BCUT2D eigenvalue weighted by Crippen LogP contribution is -2.44. The van der Waals surface area contributed by atoms with Gasteiger partial charge in [0.1, 0.15) is 22.7 Å². The molecule has 0 aliphatic carbocycles. The lowest BCUT2D eigenvalue weighted by atomic mass is 10.2. The molecule has 4 aromatic rings. The van der Waals surface area contributed by atoms with Crippen molar-refractivity contribution in [3.8, 4) is 17.1 Å². The molecule has 3 aromatic heterocycles. The molecule has 10 heteroatoms. The van der Waals surface area contributed by atoms with Crippen LogP contribution in [0.15, 0.2) is 53.6 Å². The van der Waals surface area contributed by atoms with Crippen LogP contribution >= 0.6 is 0 Å². The Morgan fingerprint density at radius 3 is 2.61 bits per heavy atom. The molecule has 0 bridgehead atoms. The number of pyridine rings is 1. The number of rotatable bonds is 4. The van der Waals surface area contributed by atoms with Crippen molar-refractivity contribution in [1.29, 1.82) is 0 Å². The van der Waals surface area contributed by atoms with Crippen LogP contribution < -0.4 is 4.90 Å². The molecule has 4 heterocycles. The van der Waals surface area contributed by atoms with Gasteiger partial charge in [0, 0.05) is 19.0 Å². The number of nitrogens with one attached hydrogen (secondary N) is 1. The molecule has 1 aliphatic rings. The summed E-state index contributed by atoms with van der Waals surface area (Å²) in [6.45, 7) is 4.23. The highest BCUT2D eigenvalue weighted by atomic mass is 32.2. The molecule has 0 spiro atoms. The molecular weight excluding hydrogens is 416 g/mol. The van der Waals surface area contributed by atoms with Gasteiger partial charge in [0.05, 0.1) is 35.4 Å². The summed E-state index contributed by atoms with van der Waals surface area (Å²) in [7, 11) is -3.27. The highest BCUT2D eigenvalue weighted by molar-refractivity contribution is 7.90. The Hall–Kier alpha value is -3.24. The minimum Gasteiger partial charge on any atom is -0.377 e. The van der Waals surface area contributed by atoms with Crippen LogP contribution in [0.3, 0.4) is 0 Å². The second-order valence-corrected chi connectivity index (χ2v) is 9.66. The zero-order valence-corrected chi connectivity index (χ0v) is 18.0. The molecule has 9 nitrogen and oxygen atoms in total. The van der Waals surface area contributed by atoms with Gasteiger partial charge in [0.25, 0.3) is 0 Å². The van der Waals surface area contributed by atoms with E-state index in [0.29, 0.717) is 24.6 Å². The standard InChI is InChI=1S/C21H22N6O3S/c1-14-13-30-12-11-26(14)19-8-7-18-21(23-19)20(17-9-10-22-24-17)25-27(18)15-3-5-16(6-4-15)31(2,28)29/h3-10,14H,11-13H2,1-2H3,(H,22,24). The van der Waals surface area contributed by atoms with Crippen LogP contribution in [-0.4, -0.2) is 65.4 Å². The van der Waals surface area contributed by atoms with Gasteiger partial charge in [-0.1, -0.05) is 0 Å². The van der Waals surface area contributed by atoms with Gasteiger partial charge < -0.3 is 9.64 Å². The Bertz CT molecular complexity index is 1330. The largest absolute Gasteiger partial charge is 0.377 e. The molecule has 1 N–H and O–H groups in total. The van der Waals surface area contributed by atoms with E-state index in [2.05, 4.69) is 22.0 Å². The van der Waals surface area contributed by atoms with E-state index in [0.717, 1.165) is 29.1 Å². The van der Waals surface area contributed by atoms with Gasteiger partial charge in [0.2, 0.25) is 0 Å². The van der Waals surface area contributed by atoms with Crippen LogP contribution in [0.1, 0.15) is 6.92 Å². The number of anilines is 1. The van der Waals surface area contributed by atoms with Crippen molar-refractivity contribution in [3.05, 3.63) is 48.7 Å². The van der Waals surface area contributed by atoms with Crippen molar-refractivity contribution in [2.45, 2.75) is 17.9 Å². The molecule has 1 fully saturated rings. The van der Waals surface area contributed by atoms with E-state index < -0.39 is 9.84 Å². The predicted molar refractivity (Wildman–Crippen MR) is 117 cm³/mol. The summed E-state index contributed by atoms with van der Waals surface area (Å²) >= 11 is 0. The second kappa shape index (κ2) is 7.47. The quantitative estimate of drug-likeness (QED) is 0.522. The lowest BCUT2D eigenvalue weighted by molar-refractivity contribution is 0.0986. The van der Waals surface area contributed by atoms with E-state index >= 15 is 0 Å². The molecular formula is C21H22N6O3S. The number of aromatic amines is 1. The first-order chi connectivity index (χ1) is 14.9. The van der Waals surface area contributed by atoms with Crippen molar-refractivity contribution in [2.75, 3.05) is 30.9 Å². The fourth-order valence-corrected chi connectivity index (χ4v) is 4.44. The minimum absolute atomic E-state index is 0.228. The predicted octanol–water partition coefficient (Wildman–Crippen LogP) is 2.44. The van der Waals surface area contributed by atoms with Gasteiger partial charge in [-0.3, -0.25) is 5.10 Å². The maximum Gasteiger partial charge on any atom is 0.175 e. The Morgan fingerprint density at radius 2 is 1.94 bits per heavy atom. The van der Waals surface area contributed by atoms with Crippen LogP contribution in [0, 0.1) is 0 Å². The molecule has 31 heavy (non-hydrogen) atoms. The van der Waals surface area contributed by atoms with Crippen LogP contribution in [0.5, 0.6) is 0 Å². The fraction of sp³-hybridized carbons (Fsp3) is 0.286. The number of nitrogens with zero attached hydrogens (tertiary/aromatic N) is 5. The van der Waals surface area contributed by atoms with Crippen molar-refractivity contribution < 1.29 is 13.2 Å². The molecule has 1 aliphatic heterocycles. The second-order valence-electron chi connectivity index (χ2n) is 7.64. The lowest BCUT2D eigenvalue weighted by Gasteiger charge is -2.34. The van der Waals surface area contributed by atoms with Gasteiger partial charge in [-0.25, -0.2) is 18.1 Å². The topological polar surface area (TPSA) is 106 Å². The Morgan fingerprint density at radius 1 is 1.13 bits per heavy atom. The third kappa shape index (κ3) is 3.57. The van der Waals surface area contributed by atoms with Crippen LogP contribution in [-0.2, 0) is 14.6 Å². The number of hydrogen-bond acceptors (Lipinski definition) is 7. The number of H-pyrrole nitrogens is 1. The van der Waals surface area contributed by atoms with Gasteiger partial charge in [-0.05, 0) is 49.4 Å². The van der Waals surface area contributed by atoms with Gasteiger partial charge in [-0.15, -0.1) is 0 Å². The van der Waals surface area contributed by atoms with Gasteiger partial charge in [-0.2, -0.15) is 10.2 Å². The number of ether oxygens (including phenoxy) is 1. The molecule has 1 saturated heterocycles. The molecule has 5 rings (SSSR count). The van der Waals surface area contributed by atoms with Crippen LogP contribution in [0.2, 0.25) is 0 Å². The number of fused-ring (bicyclic) bond motifs is 1. The third-order valence-electron chi connectivity index (χ3n) is 5.43. The van der Waals surface area contributed by atoms with E-state index in [-0.39, 0.29) is 10.9 Å². The van der Waals surface area contributed by atoms with Crippen LogP contribution in [0.25, 0.3) is 28.1 Å². The zero-order chi connectivity index (χ0) is 21.6. The van der Waals surface area contributed by atoms with Crippen LogP contribution in [0.4, 0.5) is 5.82 Å². The average molecular weight is 439 g/mol. The minimum atomic E-state index is -3.27. The normalized spacial score (nSPS) is 17.4. The maximum atomic E-state index is 11.8. The van der Waals surface area contributed by atoms with E-state index in [1.807, 2.05) is 18.2 Å². The first-order valence-corrected chi connectivity index (χ1v) is 11.9. The summed E-state index contributed by atoms with van der Waals surface area (Å²) in [4.78, 5) is 7.44. The maximum absolute atomic E-state index is 11.8. The Kier molecular flexibility index (Phi) is 4.75. The summed E-state index contributed by atoms with van der Waals surface area (Å²) < 4.78 is 30.9. The average Bonchev–Trinajstić information content (AvgIpc) is 3.41. The monoisotopic (exact) mass is 438 g/mol. The number of sulfone groups is 1. The van der Waals surface area contributed by atoms with Crippen molar-refractivity contribution in [3.63, 3.8) is 0 Å². The fourth-order valence-electron chi connectivity index (χ4n) is 3.81. The van der Waals surface area contributed by atoms with E-state index in [1.165, 1.54) is 6.26 Å². The first kappa shape index (κ1) is 19.7. The highest BCUT2D eigenvalue weighted by Crippen LogP contribution is 2.30. The molecule has 1 atom stereocenters. The highest BCUT2D eigenvalue weighted by Gasteiger charge is 2.23. The molecule has 1 unspecified atom stereocenters.